The van der Waals surface area contributed by atoms with Gasteiger partial charge in [0.25, 0.3) is 5.91 Å². The second-order valence-electron chi connectivity index (χ2n) is 5.37. The van der Waals surface area contributed by atoms with E-state index in [2.05, 4.69) is 17.2 Å². The SMILES string of the molecule is CCCN(C(=O)c1c[nH]c(C)cc1=O)C1CCNCC1. The van der Waals surface area contributed by atoms with Gasteiger partial charge in [0.2, 0.25) is 0 Å². The minimum Gasteiger partial charge on any atom is -0.364 e. The number of carbonyl (C=O) groups excluding carboxylic acids is 1. The second-order valence-corrected chi connectivity index (χ2v) is 5.37. The summed E-state index contributed by atoms with van der Waals surface area (Å²) in [6, 6.07) is 1.73. The number of aryl methyl sites for hydroxylation is 1. The monoisotopic (exact) mass is 277 g/mol. The summed E-state index contributed by atoms with van der Waals surface area (Å²) >= 11 is 0. The Balaban J connectivity index is 2.23. The molecule has 1 aromatic heterocycles. The molecule has 1 aliphatic rings. The van der Waals surface area contributed by atoms with E-state index in [1.54, 1.807) is 6.20 Å². The summed E-state index contributed by atoms with van der Waals surface area (Å²) in [6.45, 7) is 6.44. The van der Waals surface area contributed by atoms with Crippen LogP contribution in [0.5, 0.6) is 0 Å². The van der Waals surface area contributed by atoms with Crippen LogP contribution in [0.15, 0.2) is 17.1 Å². The van der Waals surface area contributed by atoms with Crippen LogP contribution < -0.4 is 10.7 Å². The molecule has 2 rings (SSSR count). The highest BCUT2D eigenvalue weighted by molar-refractivity contribution is 5.94. The third-order valence-electron chi connectivity index (χ3n) is 3.76. The van der Waals surface area contributed by atoms with Gasteiger partial charge in [-0.25, -0.2) is 0 Å². The van der Waals surface area contributed by atoms with Crippen LogP contribution >= 0.6 is 0 Å². The molecule has 0 atom stereocenters. The Morgan fingerprint density at radius 1 is 1.40 bits per heavy atom. The van der Waals surface area contributed by atoms with E-state index < -0.39 is 0 Å². The molecule has 5 heteroatoms. The lowest BCUT2D eigenvalue weighted by molar-refractivity contribution is 0.0641. The first-order chi connectivity index (χ1) is 9.63. The predicted molar refractivity (Wildman–Crippen MR) is 79.0 cm³/mol. The third-order valence-corrected chi connectivity index (χ3v) is 3.76. The molecule has 20 heavy (non-hydrogen) atoms. The number of nitrogens with one attached hydrogen (secondary N) is 2. The first-order valence-electron chi connectivity index (χ1n) is 7.34. The fourth-order valence-corrected chi connectivity index (χ4v) is 2.70. The minimum atomic E-state index is -0.193. The topological polar surface area (TPSA) is 65.2 Å². The molecule has 0 unspecified atom stereocenters. The van der Waals surface area contributed by atoms with Gasteiger partial charge in [0, 0.05) is 30.5 Å². The fourth-order valence-electron chi connectivity index (χ4n) is 2.70. The molecule has 0 radical (unpaired) electrons. The average Bonchev–Trinajstić information content (AvgIpc) is 2.45. The van der Waals surface area contributed by atoms with Gasteiger partial charge in [0.15, 0.2) is 5.43 Å². The summed E-state index contributed by atoms with van der Waals surface area (Å²) in [4.78, 5) is 29.5. The van der Waals surface area contributed by atoms with E-state index in [4.69, 9.17) is 0 Å². The maximum absolute atomic E-state index is 12.7. The van der Waals surface area contributed by atoms with Gasteiger partial charge in [-0.05, 0) is 39.3 Å². The number of aromatic nitrogens is 1. The molecule has 0 aromatic carbocycles. The van der Waals surface area contributed by atoms with Crippen molar-refractivity contribution in [2.45, 2.75) is 39.2 Å². The molecule has 1 fully saturated rings. The normalized spacial score (nSPS) is 16.1. The van der Waals surface area contributed by atoms with E-state index in [1.807, 2.05) is 11.8 Å². The summed E-state index contributed by atoms with van der Waals surface area (Å²) < 4.78 is 0. The first-order valence-corrected chi connectivity index (χ1v) is 7.34. The van der Waals surface area contributed by atoms with Crippen molar-refractivity contribution in [3.8, 4) is 0 Å². The van der Waals surface area contributed by atoms with E-state index in [0.717, 1.165) is 38.0 Å². The quantitative estimate of drug-likeness (QED) is 0.871. The van der Waals surface area contributed by atoms with E-state index in [9.17, 15) is 9.59 Å². The Morgan fingerprint density at radius 3 is 2.70 bits per heavy atom. The van der Waals surface area contributed by atoms with Crippen LogP contribution in [0.3, 0.4) is 0 Å². The fraction of sp³-hybridized carbons (Fsp3) is 0.600. The molecule has 5 nitrogen and oxygen atoms in total. The van der Waals surface area contributed by atoms with Gasteiger partial charge in [-0.2, -0.15) is 0 Å². The summed E-state index contributed by atoms with van der Waals surface area (Å²) in [5.41, 5.74) is 0.833. The maximum Gasteiger partial charge on any atom is 0.259 e. The smallest absolute Gasteiger partial charge is 0.259 e. The molecule has 1 amide bonds. The number of H-pyrrole nitrogens is 1. The van der Waals surface area contributed by atoms with E-state index in [0.29, 0.717) is 6.54 Å². The number of piperidine rings is 1. The average molecular weight is 277 g/mol. The van der Waals surface area contributed by atoms with Gasteiger partial charge >= 0.3 is 0 Å². The highest BCUT2D eigenvalue weighted by Gasteiger charge is 2.26. The number of hydrogen-bond donors (Lipinski definition) is 2. The molecule has 110 valence electrons. The Morgan fingerprint density at radius 2 is 2.10 bits per heavy atom. The van der Waals surface area contributed by atoms with E-state index in [-0.39, 0.29) is 22.9 Å². The van der Waals surface area contributed by atoms with Gasteiger partial charge in [0.05, 0.1) is 0 Å². The number of amides is 1. The molecule has 0 aliphatic carbocycles. The highest BCUT2D eigenvalue weighted by atomic mass is 16.2. The molecule has 2 heterocycles. The van der Waals surface area contributed by atoms with Crippen LogP contribution in [0.4, 0.5) is 0 Å². The molecule has 0 saturated carbocycles. The molecule has 2 N–H and O–H groups in total. The van der Waals surface area contributed by atoms with Gasteiger partial charge < -0.3 is 15.2 Å². The van der Waals surface area contributed by atoms with Crippen LogP contribution in [-0.2, 0) is 0 Å². The van der Waals surface area contributed by atoms with Crippen LogP contribution in [0.2, 0.25) is 0 Å². The zero-order valence-corrected chi connectivity index (χ0v) is 12.2. The van der Waals surface area contributed by atoms with E-state index in [1.165, 1.54) is 6.07 Å². The minimum absolute atomic E-state index is 0.139. The van der Waals surface area contributed by atoms with Crippen molar-refractivity contribution in [2.75, 3.05) is 19.6 Å². The van der Waals surface area contributed by atoms with Crippen molar-refractivity contribution >= 4 is 5.91 Å². The van der Waals surface area contributed by atoms with Crippen LogP contribution in [0, 0.1) is 6.92 Å². The van der Waals surface area contributed by atoms with Crippen LogP contribution in [-0.4, -0.2) is 41.5 Å². The van der Waals surface area contributed by atoms with Gasteiger partial charge in [-0.1, -0.05) is 6.92 Å². The lowest BCUT2D eigenvalue weighted by Crippen LogP contribution is -2.47. The van der Waals surface area contributed by atoms with Gasteiger partial charge in [-0.3, -0.25) is 9.59 Å². The van der Waals surface area contributed by atoms with Crippen molar-refractivity contribution in [2.24, 2.45) is 0 Å². The number of nitrogens with zero attached hydrogens (tertiary/aromatic N) is 1. The molecule has 1 aromatic rings. The second kappa shape index (κ2) is 6.70. The predicted octanol–water partition coefficient (Wildman–Crippen LogP) is 1.29. The zero-order valence-electron chi connectivity index (χ0n) is 12.2. The Bertz CT molecular complexity index is 518. The van der Waals surface area contributed by atoms with Crippen molar-refractivity contribution in [1.29, 1.82) is 0 Å². The standard InChI is InChI=1S/C15H23N3O2/c1-3-8-18(12-4-6-16-7-5-12)15(20)13-10-17-11(2)9-14(13)19/h9-10,12,16H,3-8H2,1-2H3,(H,17,19). The third kappa shape index (κ3) is 3.28. The molecule has 1 aliphatic heterocycles. The lowest BCUT2D eigenvalue weighted by atomic mass is 10.0. The lowest BCUT2D eigenvalue weighted by Gasteiger charge is -2.34. The van der Waals surface area contributed by atoms with Crippen molar-refractivity contribution < 1.29 is 4.79 Å². The van der Waals surface area contributed by atoms with Crippen molar-refractivity contribution in [3.05, 3.63) is 33.7 Å². The van der Waals surface area contributed by atoms with Crippen molar-refractivity contribution in [3.63, 3.8) is 0 Å². The molecule has 0 bridgehead atoms. The number of rotatable bonds is 4. The summed E-state index contributed by atoms with van der Waals surface area (Å²) in [6.07, 6.45) is 4.36. The van der Waals surface area contributed by atoms with Gasteiger partial charge in [-0.15, -0.1) is 0 Å². The molecule has 0 spiro atoms. The molecular weight excluding hydrogens is 254 g/mol. The number of hydrogen-bond acceptors (Lipinski definition) is 3. The highest BCUT2D eigenvalue weighted by Crippen LogP contribution is 2.15. The van der Waals surface area contributed by atoms with Crippen LogP contribution in [0.25, 0.3) is 0 Å². The zero-order chi connectivity index (χ0) is 14.5. The Hall–Kier alpha value is -1.62. The summed E-state index contributed by atoms with van der Waals surface area (Å²) in [5.74, 6) is -0.139. The number of carbonyl (C=O) groups is 1. The first kappa shape index (κ1) is 14.8. The number of aromatic amines is 1. The number of pyridine rings is 1. The van der Waals surface area contributed by atoms with E-state index >= 15 is 0 Å². The Labute approximate surface area is 119 Å². The van der Waals surface area contributed by atoms with Crippen LogP contribution in [0.1, 0.15) is 42.2 Å². The van der Waals surface area contributed by atoms with Gasteiger partial charge in [0.1, 0.15) is 5.56 Å². The maximum atomic E-state index is 12.7. The molecule has 1 saturated heterocycles. The summed E-state index contributed by atoms with van der Waals surface area (Å²) in [5, 5.41) is 3.30. The summed E-state index contributed by atoms with van der Waals surface area (Å²) in [7, 11) is 0. The Kier molecular flexibility index (Phi) is 4.95. The largest absolute Gasteiger partial charge is 0.364 e. The molecular formula is C15H23N3O2. The van der Waals surface area contributed by atoms with Crippen molar-refractivity contribution in [1.82, 2.24) is 15.2 Å².